The van der Waals surface area contributed by atoms with Crippen LogP contribution in [-0.4, -0.2) is 36.5 Å². The van der Waals surface area contributed by atoms with Crippen molar-refractivity contribution < 1.29 is 9.72 Å². The van der Waals surface area contributed by atoms with E-state index in [9.17, 15) is 14.9 Å². The van der Waals surface area contributed by atoms with Crippen LogP contribution in [0.4, 0.5) is 5.69 Å². The summed E-state index contributed by atoms with van der Waals surface area (Å²) in [6, 6.07) is 9.90. The van der Waals surface area contributed by atoms with Crippen molar-refractivity contribution in [2.45, 2.75) is 38.5 Å². The zero-order valence-corrected chi connectivity index (χ0v) is 20.3. The Morgan fingerprint density at radius 1 is 1.11 bits per heavy atom. The molecule has 182 valence electrons. The number of nitrogens with one attached hydrogen (secondary N) is 1. The molecule has 4 saturated carbocycles. The Morgan fingerprint density at radius 3 is 2.53 bits per heavy atom. The smallest absolute Gasteiger partial charge is 0.283 e. The van der Waals surface area contributed by atoms with Crippen molar-refractivity contribution in [3.8, 4) is 5.69 Å². The molecule has 9 nitrogen and oxygen atoms in total. The van der Waals surface area contributed by atoms with Gasteiger partial charge in [-0.25, -0.2) is 0 Å². The third-order valence-electron chi connectivity index (χ3n) is 8.34. The van der Waals surface area contributed by atoms with Gasteiger partial charge in [-0.2, -0.15) is 15.1 Å². The highest BCUT2D eigenvalue weighted by Crippen LogP contribution is 2.62. The van der Waals surface area contributed by atoms with Gasteiger partial charge in [0.1, 0.15) is 5.04 Å². The minimum atomic E-state index is -0.465. The van der Waals surface area contributed by atoms with Crippen molar-refractivity contribution in [3.63, 3.8) is 0 Å². The van der Waals surface area contributed by atoms with Gasteiger partial charge in [0.05, 0.1) is 16.2 Å². The SMILES string of the molecule is N=C1/C(=C/c2cccn2-c2cccc([N+](=O)[O-])c2)C(=O)N=C2SC(C34CC5CC(CC(C5)C3)C4)=NN12. The molecule has 0 spiro atoms. The molecule has 2 aliphatic heterocycles. The van der Waals surface area contributed by atoms with E-state index in [0.29, 0.717) is 16.5 Å². The number of fused-ring (bicyclic) bond motifs is 1. The topological polar surface area (TPSA) is 117 Å². The first kappa shape index (κ1) is 21.7. The van der Waals surface area contributed by atoms with Gasteiger partial charge in [-0.15, -0.1) is 0 Å². The number of aliphatic imine (C=N–C) groups is 1. The molecule has 2 aromatic rings. The lowest BCUT2D eigenvalue weighted by Gasteiger charge is -2.56. The summed E-state index contributed by atoms with van der Waals surface area (Å²) in [5, 5.41) is 28.0. The second-order valence-electron chi connectivity index (χ2n) is 10.7. The number of thioether (sulfide) groups is 1. The van der Waals surface area contributed by atoms with Crippen molar-refractivity contribution in [1.29, 1.82) is 5.41 Å². The van der Waals surface area contributed by atoms with E-state index in [1.54, 1.807) is 41.1 Å². The minimum absolute atomic E-state index is 0.0174. The molecule has 1 amide bonds. The summed E-state index contributed by atoms with van der Waals surface area (Å²) in [6.45, 7) is 0. The normalized spacial score (nSPS) is 31.6. The molecule has 1 aromatic heterocycles. The molecule has 4 bridgehead atoms. The molecule has 4 aliphatic carbocycles. The van der Waals surface area contributed by atoms with Gasteiger partial charge in [0.15, 0.2) is 5.84 Å². The number of aromatic nitrogens is 1. The molecule has 6 aliphatic rings. The van der Waals surface area contributed by atoms with Crippen LogP contribution in [0.5, 0.6) is 0 Å². The second-order valence-corrected chi connectivity index (χ2v) is 11.7. The zero-order chi connectivity index (χ0) is 24.6. The third kappa shape index (κ3) is 3.31. The number of non-ortho nitro benzene ring substituents is 1. The molecule has 3 heterocycles. The average molecular weight is 501 g/mol. The van der Waals surface area contributed by atoms with Crippen molar-refractivity contribution in [2.75, 3.05) is 0 Å². The molecule has 1 aromatic carbocycles. The van der Waals surface area contributed by atoms with E-state index in [-0.39, 0.29) is 22.5 Å². The number of rotatable bonds is 4. The van der Waals surface area contributed by atoms with Crippen molar-refractivity contribution >= 4 is 45.5 Å². The Kier molecular flexibility index (Phi) is 4.67. The first-order chi connectivity index (χ1) is 17.4. The molecule has 1 N–H and O–H groups in total. The van der Waals surface area contributed by atoms with Gasteiger partial charge in [-0.3, -0.25) is 20.3 Å². The summed E-state index contributed by atoms with van der Waals surface area (Å²) in [4.78, 5) is 28.1. The number of amides is 1. The molecule has 0 unspecified atom stereocenters. The standard InChI is InChI=1S/C26H24N6O3S/c27-22-21(11-19-5-2-6-30(19)18-3-1-4-20(10-18)32(34)35)23(33)28-25-31(22)29-24(36-25)26-12-15-7-16(13-26)9-17(8-15)14-26/h1-6,10-11,15-17,27H,7-9,12-14H2/b21-11-,27-22?. The quantitative estimate of drug-likeness (QED) is 0.351. The Balaban J connectivity index is 1.21. The number of nitrogens with zero attached hydrogens (tertiary/aromatic N) is 5. The van der Waals surface area contributed by atoms with E-state index in [0.717, 1.165) is 42.1 Å². The molecule has 0 atom stereocenters. The number of hydrogen-bond acceptors (Lipinski definition) is 6. The maximum Gasteiger partial charge on any atom is 0.283 e. The zero-order valence-electron chi connectivity index (χ0n) is 19.5. The summed E-state index contributed by atoms with van der Waals surface area (Å²) in [5.74, 6) is 1.88. The predicted molar refractivity (Wildman–Crippen MR) is 138 cm³/mol. The summed E-state index contributed by atoms with van der Waals surface area (Å²) in [5.41, 5.74) is 1.43. The average Bonchev–Trinajstić information content (AvgIpc) is 3.49. The fourth-order valence-electron chi connectivity index (χ4n) is 7.23. The molecule has 36 heavy (non-hydrogen) atoms. The van der Waals surface area contributed by atoms with Gasteiger partial charge in [0.2, 0.25) is 5.17 Å². The van der Waals surface area contributed by atoms with Crippen LogP contribution in [0.15, 0.2) is 58.3 Å². The first-order valence-electron chi connectivity index (χ1n) is 12.3. The van der Waals surface area contributed by atoms with Crippen molar-refractivity contribution in [3.05, 3.63) is 64.0 Å². The van der Waals surface area contributed by atoms with Gasteiger partial charge in [-0.1, -0.05) is 6.07 Å². The largest absolute Gasteiger partial charge is 0.317 e. The van der Waals surface area contributed by atoms with Crippen LogP contribution in [0.1, 0.15) is 44.2 Å². The second kappa shape index (κ2) is 7.73. The van der Waals surface area contributed by atoms with Gasteiger partial charge in [0.25, 0.3) is 11.6 Å². The first-order valence-corrected chi connectivity index (χ1v) is 13.1. The molecule has 8 rings (SSSR count). The molecular weight excluding hydrogens is 476 g/mol. The van der Waals surface area contributed by atoms with Gasteiger partial charge in [0, 0.05) is 29.4 Å². The Labute approximate surface area is 211 Å². The van der Waals surface area contributed by atoms with Crippen LogP contribution >= 0.6 is 11.8 Å². The number of nitro groups is 1. The van der Waals surface area contributed by atoms with Crippen molar-refractivity contribution in [2.24, 2.45) is 33.3 Å². The third-order valence-corrected chi connectivity index (χ3v) is 9.49. The lowest BCUT2D eigenvalue weighted by molar-refractivity contribution is -0.384. The maximum absolute atomic E-state index is 13.0. The van der Waals surface area contributed by atoms with Crippen molar-refractivity contribution in [1.82, 2.24) is 9.58 Å². The van der Waals surface area contributed by atoms with E-state index in [2.05, 4.69) is 4.99 Å². The Hall–Kier alpha value is -3.53. The Bertz CT molecular complexity index is 1400. The molecule has 0 radical (unpaired) electrons. The fourth-order valence-corrected chi connectivity index (χ4v) is 8.34. The summed E-state index contributed by atoms with van der Waals surface area (Å²) in [7, 11) is 0. The number of benzene rings is 1. The predicted octanol–water partition coefficient (Wildman–Crippen LogP) is 5.22. The van der Waals surface area contributed by atoms with Crippen LogP contribution in [0, 0.1) is 38.7 Å². The molecular formula is C26H24N6O3S. The van der Waals surface area contributed by atoms with Crippen LogP contribution in [0.3, 0.4) is 0 Å². The molecule has 4 fully saturated rings. The van der Waals surface area contributed by atoms with Crippen LogP contribution in [0.25, 0.3) is 11.8 Å². The van der Waals surface area contributed by atoms with E-state index in [1.165, 1.54) is 48.2 Å². The Morgan fingerprint density at radius 2 is 1.83 bits per heavy atom. The summed E-state index contributed by atoms with van der Waals surface area (Å²) < 4.78 is 1.75. The highest BCUT2D eigenvalue weighted by Gasteiger charge is 2.55. The fraction of sp³-hybridized carbons (Fsp3) is 0.385. The van der Waals surface area contributed by atoms with E-state index in [1.807, 2.05) is 0 Å². The van der Waals surface area contributed by atoms with Gasteiger partial charge >= 0.3 is 0 Å². The van der Waals surface area contributed by atoms with E-state index >= 15 is 0 Å². The van der Waals surface area contributed by atoms with E-state index < -0.39 is 10.8 Å². The highest BCUT2D eigenvalue weighted by molar-refractivity contribution is 8.27. The molecule has 0 saturated heterocycles. The lowest BCUT2D eigenvalue weighted by Crippen LogP contribution is -2.49. The summed E-state index contributed by atoms with van der Waals surface area (Å²) in [6.07, 6.45) is 10.9. The number of nitro benzene ring substituents is 1. The maximum atomic E-state index is 13.0. The number of carbonyl (C=O) groups excluding carboxylic acids is 1. The molecule has 10 heteroatoms. The van der Waals surface area contributed by atoms with Gasteiger partial charge < -0.3 is 4.57 Å². The monoisotopic (exact) mass is 500 g/mol. The number of hydrogen-bond donors (Lipinski definition) is 1. The minimum Gasteiger partial charge on any atom is -0.317 e. The number of hydrazone groups is 1. The highest BCUT2D eigenvalue weighted by atomic mass is 32.2. The van der Waals surface area contributed by atoms with Crippen LogP contribution < -0.4 is 0 Å². The van der Waals surface area contributed by atoms with Crippen LogP contribution in [-0.2, 0) is 4.79 Å². The number of carbonyl (C=O) groups is 1. The summed E-state index contributed by atoms with van der Waals surface area (Å²) >= 11 is 1.47. The number of amidine groups is 2. The van der Waals surface area contributed by atoms with E-state index in [4.69, 9.17) is 10.5 Å². The van der Waals surface area contributed by atoms with Crippen LogP contribution in [0.2, 0.25) is 0 Å². The van der Waals surface area contributed by atoms with Gasteiger partial charge in [-0.05, 0) is 92.3 Å². The lowest BCUT2D eigenvalue weighted by atomic mass is 9.50.